The van der Waals surface area contributed by atoms with Crippen LogP contribution in [0.25, 0.3) is 22.2 Å². The molecule has 0 amide bonds. The van der Waals surface area contributed by atoms with Gasteiger partial charge in [0.25, 0.3) is 5.22 Å². The summed E-state index contributed by atoms with van der Waals surface area (Å²) in [5, 5.41) is 10.2. The fraction of sp³-hybridized carbons (Fsp3) is 0. The van der Waals surface area contributed by atoms with Gasteiger partial charge in [0.15, 0.2) is 0 Å². The van der Waals surface area contributed by atoms with E-state index in [0.29, 0.717) is 11.5 Å². The van der Waals surface area contributed by atoms with Crippen molar-refractivity contribution in [3.63, 3.8) is 0 Å². The number of carbonyl (C=O) groups excluding carboxylic acids is 1. The zero-order valence-electron chi connectivity index (χ0n) is 12.8. The van der Waals surface area contributed by atoms with Gasteiger partial charge in [0.1, 0.15) is 0 Å². The summed E-state index contributed by atoms with van der Waals surface area (Å²) in [4.78, 5) is 12.5. The maximum absolute atomic E-state index is 12.5. The van der Waals surface area contributed by atoms with Crippen molar-refractivity contribution in [3.05, 3.63) is 76.8 Å². The average Bonchev–Trinajstić information content (AvgIpc) is 3.10. The topological polar surface area (TPSA) is 56.0 Å². The van der Waals surface area contributed by atoms with Crippen LogP contribution in [-0.4, -0.2) is 15.3 Å². The van der Waals surface area contributed by atoms with E-state index in [1.54, 1.807) is 0 Å². The standard InChI is InChI=1S/C19H11BrN2O2S/c20-16-9-7-13(8-10-16)17-21-22-19(24-17)25-18(23)15-6-5-12-3-1-2-4-14(12)11-15/h1-11H. The molecule has 1 heterocycles. The highest BCUT2D eigenvalue weighted by molar-refractivity contribution is 9.10. The maximum Gasteiger partial charge on any atom is 0.284 e. The van der Waals surface area contributed by atoms with Crippen LogP contribution in [0.15, 0.2) is 80.8 Å². The molecule has 4 aromatic rings. The summed E-state index contributed by atoms with van der Waals surface area (Å²) in [6.45, 7) is 0. The number of rotatable bonds is 3. The first kappa shape index (κ1) is 16.1. The lowest BCUT2D eigenvalue weighted by atomic mass is 10.1. The van der Waals surface area contributed by atoms with Crippen LogP contribution in [0, 0.1) is 0 Å². The lowest BCUT2D eigenvalue weighted by Gasteiger charge is -2.01. The second-order valence-electron chi connectivity index (χ2n) is 5.33. The van der Waals surface area contributed by atoms with Gasteiger partial charge < -0.3 is 4.42 Å². The third-order valence-corrected chi connectivity index (χ3v) is 4.95. The van der Waals surface area contributed by atoms with Gasteiger partial charge in [0, 0.05) is 27.4 Å². The molecule has 0 N–H and O–H groups in total. The van der Waals surface area contributed by atoms with Crippen molar-refractivity contribution >= 4 is 43.6 Å². The summed E-state index contributed by atoms with van der Waals surface area (Å²) < 4.78 is 6.56. The number of halogens is 1. The quantitative estimate of drug-likeness (QED) is 0.412. The molecular weight excluding hydrogens is 400 g/mol. The first-order valence-electron chi connectivity index (χ1n) is 7.49. The summed E-state index contributed by atoms with van der Waals surface area (Å²) in [7, 11) is 0. The van der Waals surface area contributed by atoms with Crippen LogP contribution in [0.1, 0.15) is 10.4 Å². The minimum absolute atomic E-state index is 0.128. The van der Waals surface area contributed by atoms with Gasteiger partial charge in [0.2, 0.25) is 11.0 Å². The SMILES string of the molecule is O=C(Sc1nnc(-c2ccc(Br)cc2)o1)c1ccc2ccccc2c1. The molecule has 0 saturated carbocycles. The first-order valence-corrected chi connectivity index (χ1v) is 9.10. The minimum Gasteiger partial charge on any atom is -0.411 e. The van der Waals surface area contributed by atoms with Gasteiger partial charge in [-0.2, -0.15) is 0 Å². The monoisotopic (exact) mass is 410 g/mol. The fourth-order valence-corrected chi connectivity index (χ4v) is 3.28. The number of carbonyl (C=O) groups is 1. The van der Waals surface area contributed by atoms with Crippen LogP contribution in [0.2, 0.25) is 0 Å². The summed E-state index contributed by atoms with van der Waals surface area (Å²) >= 11 is 4.32. The molecule has 4 nitrogen and oxygen atoms in total. The van der Waals surface area contributed by atoms with Crippen molar-refractivity contribution in [1.29, 1.82) is 0 Å². The second-order valence-corrected chi connectivity index (χ2v) is 7.17. The summed E-state index contributed by atoms with van der Waals surface area (Å²) in [6, 6.07) is 21.1. The van der Waals surface area contributed by atoms with Crippen LogP contribution in [-0.2, 0) is 0 Å². The molecule has 0 aliphatic carbocycles. The maximum atomic E-state index is 12.5. The first-order chi connectivity index (χ1) is 12.2. The van der Waals surface area contributed by atoms with Gasteiger partial charge in [-0.25, -0.2) is 0 Å². The molecular formula is C19H11BrN2O2S. The number of benzene rings is 3. The van der Waals surface area contributed by atoms with Gasteiger partial charge in [0.05, 0.1) is 0 Å². The predicted octanol–water partition coefficient (Wildman–Crippen LogP) is 5.58. The van der Waals surface area contributed by atoms with E-state index >= 15 is 0 Å². The molecule has 6 heteroatoms. The molecule has 0 spiro atoms. The fourth-order valence-electron chi connectivity index (χ4n) is 2.41. The minimum atomic E-state index is -0.128. The second kappa shape index (κ2) is 6.82. The molecule has 4 rings (SSSR count). The van der Waals surface area contributed by atoms with Gasteiger partial charge in [-0.05, 0) is 47.2 Å². The number of aromatic nitrogens is 2. The zero-order valence-corrected chi connectivity index (χ0v) is 15.3. The third kappa shape index (κ3) is 3.50. The summed E-state index contributed by atoms with van der Waals surface area (Å²) in [6.07, 6.45) is 0. The molecule has 122 valence electrons. The van der Waals surface area contributed by atoms with Crippen LogP contribution in [0.4, 0.5) is 0 Å². The largest absolute Gasteiger partial charge is 0.411 e. The Labute approximate surface area is 156 Å². The highest BCUT2D eigenvalue weighted by Crippen LogP contribution is 2.27. The molecule has 0 unspecified atom stereocenters. The van der Waals surface area contributed by atoms with Gasteiger partial charge >= 0.3 is 0 Å². The van der Waals surface area contributed by atoms with E-state index in [1.807, 2.05) is 66.7 Å². The number of fused-ring (bicyclic) bond motifs is 1. The molecule has 0 radical (unpaired) electrons. The smallest absolute Gasteiger partial charge is 0.284 e. The Morgan fingerprint density at radius 3 is 2.48 bits per heavy atom. The summed E-state index contributed by atoms with van der Waals surface area (Å²) in [5.41, 5.74) is 1.41. The lowest BCUT2D eigenvalue weighted by Crippen LogP contribution is -1.93. The molecule has 0 atom stereocenters. The Kier molecular flexibility index (Phi) is 4.38. The molecule has 0 bridgehead atoms. The number of nitrogens with zero attached hydrogens (tertiary/aromatic N) is 2. The van der Waals surface area contributed by atoms with Crippen molar-refractivity contribution in [1.82, 2.24) is 10.2 Å². The van der Waals surface area contributed by atoms with Crippen LogP contribution in [0.3, 0.4) is 0 Å². The Morgan fingerprint density at radius 1 is 0.920 bits per heavy atom. The van der Waals surface area contributed by atoms with Crippen molar-refractivity contribution in [2.45, 2.75) is 5.22 Å². The van der Waals surface area contributed by atoms with Crippen molar-refractivity contribution in [3.8, 4) is 11.5 Å². The third-order valence-electron chi connectivity index (χ3n) is 3.66. The highest BCUT2D eigenvalue weighted by Gasteiger charge is 2.15. The number of hydrogen-bond donors (Lipinski definition) is 0. The van der Waals surface area contributed by atoms with Crippen molar-refractivity contribution in [2.75, 3.05) is 0 Å². The Balaban J connectivity index is 1.55. The number of thioether (sulfide) groups is 1. The van der Waals surface area contributed by atoms with Crippen LogP contribution >= 0.6 is 27.7 Å². The van der Waals surface area contributed by atoms with Gasteiger partial charge in [-0.15, -0.1) is 10.2 Å². The Bertz CT molecular complexity index is 1060. The average molecular weight is 411 g/mol. The lowest BCUT2D eigenvalue weighted by molar-refractivity contribution is 0.108. The molecule has 0 aliphatic rings. The Morgan fingerprint density at radius 2 is 1.68 bits per heavy atom. The van der Waals surface area contributed by atoms with E-state index in [9.17, 15) is 4.79 Å². The van der Waals surface area contributed by atoms with Crippen LogP contribution < -0.4 is 0 Å². The molecule has 3 aromatic carbocycles. The molecule has 1 aromatic heterocycles. The van der Waals surface area contributed by atoms with Crippen molar-refractivity contribution < 1.29 is 9.21 Å². The van der Waals surface area contributed by atoms with E-state index < -0.39 is 0 Å². The summed E-state index contributed by atoms with van der Waals surface area (Å²) in [5.74, 6) is 0.390. The predicted molar refractivity (Wildman–Crippen MR) is 102 cm³/mol. The molecule has 0 saturated heterocycles. The zero-order chi connectivity index (χ0) is 17.2. The van der Waals surface area contributed by atoms with Crippen molar-refractivity contribution in [2.24, 2.45) is 0 Å². The van der Waals surface area contributed by atoms with Gasteiger partial charge in [-0.3, -0.25) is 4.79 Å². The molecule has 0 fully saturated rings. The van der Waals surface area contributed by atoms with E-state index in [4.69, 9.17) is 4.42 Å². The van der Waals surface area contributed by atoms with E-state index in [1.165, 1.54) is 0 Å². The van der Waals surface area contributed by atoms with Crippen LogP contribution in [0.5, 0.6) is 0 Å². The van der Waals surface area contributed by atoms with E-state index in [2.05, 4.69) is 26.1 Å². The Hall–Kier alpha value is -2.44. The van der Waals surface area contributed by atoms with E-state index in [0.717, 1.165) is 32.6 Å². The van der Waals surface area contributed by atoms with E-state index in [-0.39, 0.29) is 10.3 Å². The highest BCUT2D eigenvalue weighted by atomic mass is 79.9. The van der Waals surface area contributed by atoms with Gasteiger partial charge in [-0.1, -0.05) is 46.3 Å². The normalized spacial score (nSPS) is 10.9. The number of hydrogen-bond acceptors (Lipinski definition) is 5. The molecule has 0 aliphatic heterocycles. The molecule has 25 heavy (non-hydrogen) atoms.